The summed E-state index contributed by atoms with van der Waals surface area (Å²) in [5.41, 5.74) is 0.0280. The minimum Gasteiger partial charge on any atom is -0.493 e. The molecule has 0 N–H and O–H groups in total. The second kappa shape index (κ2) is 11.3. The largest absolute Gasteiger partial charge is 0.493 e. The van der Waals surface area contributed by atoms with Crippen LogP contribution in [0.25, 0.3) is 22.3 Å². The van der Waals surface area contributed by atoms with Crippen LogP contribution in [-0.4, -0.2) is 29.8 Å². The monoisotopic (exact) mass is 607 g/mol. The summed E-state index contributed by atoms with van der Waals surface area (Å²) in [5, 5.41) is 4.91. The average Bonchev–Trinajstić information content (AvgIpc) is 3.47. The topological polar surface area (TPSA) is 84.2 Å². The first-order valence-corrected chi connectivity index (χ1v) is 13.2. The maximum Gasteiger partial charge on any atom is 0.416 e. The van der Waals surface area contributed by atoms with Crippen molar-refractivity contribution >= 4 is 28.7 Å². The molecule has 0 fully saturated rings. The van der Waals surface area contributed by atoms with Crippen LogP contribution in [0.3, 0.4) is 0 Å². The molecule has 0 aliphatic carbocycles. The number of para-hydroxylation sites is 1. The minimum absolute atomic E-state index is 0.0535. The molecular formula is C31H21ClF3N3O5. The lowest BCUT2D eigenvalue weighted by Crippen LogP contribution is -2.20. The minimum atomic E-state index is -4.59. The summed E-state index contributed by atoms with van der Waals surface area (Å²) >= 11 is 6.35. The van der Waals surface area contributed by atoms with Gasteiger partial charge < -0.3 is 18.9 Å². The van der Waals surface area contributed by atoms with Crippen molar-refractivity contribution in [3.05, 3.63) is 111 Å². The van der Waals surface area contributed by atoms with E-state index in [4.69, 9.17) is 30.5 Å². The van der Waals surface area contributed by atoms with Gasteiger partial charge in [0.1, 0.15) is 6.61 Å². The Morgan fingerprint density at radius 2 is 1.84 bits per heavy atom. The molecule has 0 spiro atoms. The van der Waals surface area contributed by atoms with Gasteiger partial charge in [0.25, 0.3) is 5.56 Å². The molecule has 0 radical (unpaired) electrons. The number of alkyl halides is 3. The van der Waals surface area contributed by atoms with E-state index in [-0.39, 0.29) is 35.9 Å². The van der Waals surface area contributed by atoms with E-state index in [9.17, 15) is 18.0 Å². The van der Waals surface area contributed by atoms with Crippen LogP contribution in [0, 0.1) is 0 Å². The quantitative estimate of drug-likeness (QED) is 0.187. The Morgan fingerprint density at radius 3 is 2.65 bits per heavy atom. The highest BCUT2D eigenvalue weighted by molar-refractivity contribution is 6.31. The van der Waals surface area contributed by atoms with Crippen molar-refractivity contribution in [3.63, 3.8) is 0 Å². The second-order valence-corrected chi connectivity index (χ2v) is 9.83. The van der Waals surface area contributed by atoms with Crippen molar-refractivity contribution in [3.8, 4) is 34.4 Å². The van der Waals surface area contributed by atoms with Crippen molar-refractivity contribution in [2.75, 3.05) is 13.9 Å². The van der Waals surface area contributed by atoms with Gasteiger partial charge in [-0.3, -0.25) is 4.79 Å². The van der Waals surface area contributed by atoms with E-state index in [0.29, 0.717) is 33.4 Å². The van der Waals surface area contributed by atoms with E-state index in [1.807, 2.05) is 6.07 Å². The van der Waals surface area contributed by atoms with E-state index in [0.717, 1.165) is 22.4 Å². The average molecular weight is 608 g/mol. The molecule has 6 rings (SSSR count). The molecule has 5 aromatic rings. The third kappa shape index (κ3) is 5.71. The van der Waals surface area contributed by atoms with Crippen molar-refractivity contribution in [2.45, 2.75) is 12.8 Å². The fourth-order valence-corrected chi connectivity index (χ4v) is 4.77. The molecule has 2 heterocycles. The number of rotatable bonds is 7. The SMILES string of the molecule is COc1cc(Cl)cc(C=Nn2c(-c3cccc(C(F)(F)F)c3)nc3ccccc3c2=O)c1OCc1ccc2c(c1)OCO2. The van der Waals surface area contributed by atoms with Gasteiger partial charge in [0, 0.05) is 22.2 Å². The Bertz CT molecular complexity index is 1940. The zero-order chi connectivity index (χ0) is 30.1. The summed E-state index contributed by atoms with van der Waals surface area (Å²) in [4.78, 5) is 18.1. The Balaban J connectivity index is 1.44. The number of halogens is 4. The Morgan fingerprint density at radius 1 is 1.02 bits per heavy atom. The van der Waals surface area contributed by atoms with Gasteiger partial charge in [-0.1, -0.05) is 41.9 Å². The van der Waals surface area contributed by atoms with Crippen LogP contribution in [0.2, 0.25) is 5.02 Å². The molecule has 8 nitrogen and oxygen atoms in total. The van der Waals surface area contributed by atoms with Gasteiger partial charge in [-0.15, -0.1) is 0 Å². The van der Waals surface area contributed by atoms with Crippen LogP contribution in [0.4, 0.5) is 13.2 Å². The van der Waals surface area contributed by atoms with Gasteiger partial charge in [0.2, 0.25) is 6.79 Å². The molecule has 0 unspecified atom stereocenters. The molecule has 0 atom stereocenters. The first-order valence-electron chi connectivity index (χ1n) is 12.8. The predicted molar refractivity (Wildman–Crippen MR) is 154 cm³/mol. The third-order valence-corrected chi connectivity index (χ3v) is 6.82. The summed E-state index contributed by atoms with van der Waals surface area (Å²) < 4.78 is 63.9. The van der Waals surface area contributed by atoms with Gasteiger partial charge >= 0.3 is 6.18 Å². The number of hydrogen-bond donors (Lipinski definition) is 0. The Kier molecular flexibility index (Phi) is 7.41. The standard InChI is InChI=1S/C31H21ClF3N3O5/c1-40-27-14-22(32)13-20(28(27)41-16-18-9-10-25-26(11-18)43-17-42-25)15-36-38-29(19-5-4-6-21(12-19)31(33,34)35)37-24-8-3-2-7-23(24)30(38)39/h2-15H,16-17H2,1H3. The molecule has 218 valence electrons. The van der Waals surface area contributed by atoms with Crippen molar-refractivity contribution in [1.29, 1.82) is 0 Å². The van der Waals surface area contributed by atoms with E-state index < -0.39 is 17.3 Å². The summed E-state index contributed by atoms with van der Waals surface area (Å²) in [5.74, 6) is 1.72. The Labute approximate surface area is 247 Å². The predicted octanol–water partition coefficient (Wildman–Crippen LogP) is 6.93. The molecule has 43 heavy (non-hydrogen) atoms. The zero-order valence-corrected chi connectivity index (χ0v) is 23.1. The highest BCUT2D eigenvalue weighted by Gasteiger charge is 2.31. The van der Waals surface area contributed by atoms with E-state index in [1.165, 1.54) is 25.5 Å². The van der Waals surface area contributed by atoms with Gasteiger partial charge in [-0.05, 0) is 48.0 Å². The van der Waals surface area contributed by atoms with Gasteiger partial charge in [0.05, 0.1) is 29.8 Å². The van der Waals surface area contributed by atoms with Crippen molar-refractivity contribution in [1.82, 2.24) is 9.66 Å². The summed E-state index contributed by atoms with van der Waals surface area (Å²) in [7, 11) is 1.45. The molecule has 0 amide bonds. The summed E-state index contributed by atoms with van der Waals surface area (Å²) in [6.07, 6.45) is -3.28. The highest BCUT2D eigenvalue weighted by atomic mass is 35.5. The first kappa shape index (κ1) is 28.1. The number of benzene rings is 4. The molecule has 1 aliphatic heterocycles. The number of ether oxygens (including phenoxy) is 4. The molecular weight excluding hydrogens is 587 g/mol. The van der Waals surface area contributed by atoms with E-state index in [1.54, 1.807) is 48.5 Å². The van der Waals surface area contributed by atoms with Crippen molar-refractivity contribution < 1.29 is 32.1 Å². The van der Waals surface area contributed by atoms with Gasteiger partial charge in [-0.25, -0.2) is 4.98 Å². The molecule has 12 heteroatoms. The van der Waals surface area contributed by atoms with Crippen LogP contribution in [-0.2, 0) is 12.8 Å². The Hall–Kier alpha value is -5.03. The fraction of sp³-hybridized carbons (Fsp3) is 0.129. The normalized spacial score (nSPS) is 12.7. The smallest absolute Gasteiger partial charge is 0.416 e. The molecule has 1 aromatic heterocycles. The highest BCUT2D eigenvalue weighted by Crippen LogP contribution is 2.37. The number of methoxy groups -OCH3 is 1. The van der Waals surface area contributed by atoms with Crippen LogP contribution in [0.15, 0.2) is 88.8 Å². The summed E-state index contributed by atoms with van der Waals surface area (Å²) in [6.45, 7) is 0.249. The molecule has 0 saturated carbocycles. The lowest BCUT2D eigenvalue weighted by molar-refractivity contribution is -0.137. The van der Waals surface area contributed by atoms with Crippen LogP contribution < -0.4 is 24.5 Å². The van der Waals surface area contributed by atoms with Gasteiger partial charge in [-0.2, -0.15) is 22.9 Å². The van der Waals surface area contributed by atoms with Crippen molar-refractivity contribution in [2.24, 2.45) is 5.10 Å². The number of aromatic nitrogens is 2. The molecule has 1 aliphatic rings. The third-order valence-electron chi connectivity index (χ3n) is 6.60. The van der Waals surface area contributed by atoms with E-state index >= 15 is 0 Å². The molecule has 0 saturated heterocycles. The lowest BCUT2D eigenvalue weighted by atomic mass is 10.1. The fourth-order valence-electron chi connectivity index (χ4n) is 4.55. The lowest BCUT2D eigenvalue weighted by Gasteiger charge is -2.15. The van der Waals surface area contributed by atoms with Crippen LogP contribution >= 0.6 is 11.6 Å². The van der Waals surface area contributed by atoms with Crippen LogP contribution in [0.5, 0.6) is 23.0 Å². The van der Waals surface area contributed by atoms with E-state index in [2.05, 4.69) is 10.1 Å². The number of fused-ring (bicyclic) bond motifs is 2. The first-order chi connectivity index (χ1) is 20.7. The van der Waals surface area contributed by atoms with Crippen LogP contribution in [0.1, 0.15) is 16.7 Å². The number of hydrogen-bond acceptors (Lipinski definition) is 7. The molecule has 4 aromatic carbocycles. The maximum absolute atomic E-state index is 13.6. The molecule has 0 bridgehead atoms. The maximum atomic E-state index is 13.6. The zero-order valence-electron chi connectivity index (χ0n) is 22.4. The van der Waals surface area contributed by atoms with Gasteiger partial charge in [0.15, 0.2) is 28.8 Å². The second-order valence-electron chi connectivity index (χ2n) is 9.40. The number of nitrogens with zero attached hydrogens (tertiary/aromatic N) is 3. The summed E-state index contributed by atoms with van der Waals surface area (Å²) in [6, 6.07) is 19.6.